The first kappa shape index (κ1) is 23.2. The van der Waals surface area contributed by atoms with Crippen molar-refractivity contribution in [2.75, 3.05) is 11.9 Å². The lowest BCUT2D eigenvalue weighted by atomic mass is 9.98. The Morgan fingerprint density at radius 1 is 1.06 bits per heavy atom. The predicted molar refractivity (Wildman–Crippen MR) is 131 cm³/mol. The molecule has 0 fully saturated rings. The molecule has 0 radical (unpaired) electrons. The van der Waals surface area contributed by atoms with Crippen LogP contribution < -0.4 is 5.32 Å². The highest BCUT2D eigenvalue weighted by atomic mass is 16.5. The van der Waals surface area contributed by atoms with E-state index < -0.39 is 18.5 Å². The van der Waals surface area contributed by atoms with E-state index in [0.29, 0.717) is 16.8 Å². The molecule has 2 aromatic carbocycles. The molecule has 0 aliphatic heterocycles. The number of pyridine rings is 1. The van der Waals surface area contributed by atoms with E-state index in [-0.39, 0.29) is 17.2 Å². The number of fused-ring (bicyclic) bond motifs is 1. The summed E-state index contributed by atoms with van der Waals surface area (Å²) < 4.78 is 10.7. The van der Waals surface area contributed by atoms with Gasteiger partial charge in [0, 0.05) is 11.3 Å². The number of rotatable bonds is 6. The molecule has 4 aromatic rings. The Bertz CT molecular complexity index is 1370. The lowest BCUT2D eigenvalue weighted by Gasteiger charge is -2.16. The summed E-state index contributed by atoms with van der Waals surface area (Å²) >= 11 is 0. The van der Waals surface area contributed by atoms with E-state index in [0.717, 1.165) is 27.9 Å². The Morgan fingerprint density at radius 2 is 1.79 bits per heavy atom. The molecule has 0 aliphatic rings. The summed E-state index contributed by atoms with van der Waals surface area (Å²) in [6, 6.07) is 15.3. The summed E-state index contributed by atoms with van der Waals surface area (Å²) in [6.45, 7) is 9.36. The number of hydrogen-bond acceptors (Lipinski definition) is 6. The van der Waals surface area contributed by atoms with E-state index in [9.17, 15) is 9.59 Å². The number of carbonyl (C=O) groups is 2. The normalized spacial score (nSPS) is 11.1. The topological polar surface area (TPSA) is 94.3 Å². The number of aryl methyl sites for hydroxylation is 3. The zero-order valence-corrected chi connectivity index (χ0v) is 19.9. The quantitative estimate of drug-likeness (QED) is 0.371. The van der Waals surface area contributed by atoms with Gasteiger partial charge in [-0.15, -0.1) is 0 Å². The maximum Gasteiger partial charge on any atom is 0.339 e. The first-order chi connectivity index (χ1) is 16.2. The van der Waals surface area contributed by atoms with Crippen molar-refractivity contribution in [2.45, 2.75) is 40.5 Å². The molecule has 34 heavy (non-hydrogen) atoms. The monoisotopic (exact) mass is 457 g/mol. The predicted octanol–water partition coefficient (Wildman–Crippen LogP) is 5.73. The molecule has 0 saturated carbocycles. The van der Waals surface area contributed by atoms with Gasteiger partial charge in [0.25, 0.3) is 11.6 Å². The minimum Gasteiger partial charge on any atom is -0.452 e. The molecule has 4 rings (SSSR count). The van der Waals surface area contributed by atoms with E-state index in [1.807, 2.05) is 56.3 Å². The fraction of sp³-hybridized carbons (Fsp3) is 0.259. The zero-order chi connectivity index (χ0) is 24.4. The van der Waals surface area contributed by atoms with Crippen LogP contribution in [0.3, 0.4) is 0 Å². The van der Waals surface area contributed by atoms with Crippen LogP contribution in [0.25, 0.3) is 22.4 Å². The van der Waals surface area contributed by atoms with Gasteiger partial charge in [-0.2, -0.15) is 0 Å². The first-order valence-corrected chi connectivity index (χ1v) is 11.1. The number of aromatic nitrogens is 2. The third-order valence-electron chi connectivity index (χ3n) is 5.71. The minimum absolute atomic E-state index is 0.236. The summed E-state index contributed by atoms with van der Waals surface area (Å²) in [6.07, 6.45) is 0. The van der Waals surface area contributed by atoms with Gasteiger partial charge in [-0.3, -0.25) is 4.79 Å². The molecular formula is C27H27N3O4. The molecule has 0 unspecified atom stereocenters. The van der Waals surface area contributed by atoms with Gasteiger partial charge >= 0.3 is 5.97 Å². The summed E-state index contributed by atoms with van der Waals surface area (Å²) in [7, 11) is 0. The summed E-state index contributed by atoms with van der Waals surface area (Å²) in [5, 5.41) is 7.32. The van der Waals surface area contributed by atoms with Crippen molar-refractivity contribution in [1.29, 1.82) is 0 Å². The lowest BCUT2D eigenvalue weighted by molar-refractivity contribution is -0.119. The SMILES string of the molecule is Cc1ccc(-c2cc(C(=O)OCC(=O)Nc3c(C)cccc3C(C)C)c3c(C)noc3n2)cc1. The molecule has 0 bridgehead atoms. The summed E-state index contributed by atoms with van der Waals surface area (Å²) in [4.78, 5) is 30.2. The molecular weight excluding hydrogens is 430 g/mol. The Morgan fingerprint density at radius 3 is 2.50 bits per heavy atom. The van der Waals surface area contributed by atoms with Crippen LogP contribution in [-0.2, 0) is 9.53 Å². The fourth-order valence-electron chi connectivity index (χ4n) is 3.85. The van der Waals surface area contributed by atoms with Gasteiger partial charge < -0.3 is 14.6 Å². The number of anilines is 1. The number of ether oxygens (including phenoxy) is 1. The van der Waals surface area contributed by atoms with Gasteiger partial charge in [0.2, 0.25) is 0 Å². The van der Waals surface area contributed by atoms with E-state index in [1.54, 1.807) is 13.0 Å². The molecule has 0 aliphatic carbocycles. The second-order valence-corrected chi connectivity index (χ2v) is 8.69. The van der Waals surface area contributed by atoms with Gasteiger partial charge in [0.05, 0.1) is 22.3 Å². The minimum atomic E-state index is -0.643. The highest BCUT2D eigenvalue weighted by Gasteiger charge is 2.22. The van der Waals surface area contributed by atoms with Gasteiger partial charge in [0.1, 0.15) is 0 Å². The fourth-order valence-corrected chi connectivity index (χ4v) is 3.85. The zero-order valence-electron chi connectivity index (χ0n) is 19.9. The van der Waals surface area contributed by atoms with Crippen molar-refractivity contribution in [3.05, 3.63) is 76.5 Å². The highest BCUT2D eigenvalue weighted by Crippen LogP contribution is 2.29. The van der Waals surface area contributed by atoms with Gasteiger partial charge in [-0.05, 0) is 43.9 Å². The molecule has 1 N–H and O–H groups in total. The molecule has 1 amide bonds. The summed E-state index contributed by atoms with van der Waals surface area (Å²) in [5.41, 5.74) is 6.25. The number of benzene rings is 2. The average molecular weight is 458 g/mol. The number of hydrogen-bond donors (Lipinski definition) is 1. The van der Waals surface area contributed by atoms with Crippen molar-refractivity contribution in [3.8, 4) is 11.3 Å². The third-order valence-corrected chi connectivity index (χ3v) is 5.71. The Labute approximate surface area is 198 Å². The van der Waals surface area contributed by atoms with Gasteiger partial charge in [-0.1, -0.05) is 67.0 Å². The van der Waals surface area contributed by atoms with E-state index in [4.69, 9.17) is 9.26 Å². The molecule has 2 heterocycles. The number of nitrogens with zero attached hydrogens (tertiary/aromatic N) is 2. The molecule has 0 saturated heterocycles. The van der Waals surface area contributed by atoms with Gasteiger partial charge in [0.15, 0.2) is 6.61 Å². The van der Waals surface area contributed by atoms with Crippen LogP contribution >= 0.6 is 0 Å². The van der Waals surface area contributed by atoms with Crippen molar-refractivity contribution in [3.63, 3.8) is 0 Å². The van der Waals surface area contributed by atoms with E-state index in [2.05, 4.69) is 29.3 Å². The number of carbonyl (C=O) groups excluding carboxylic acids is 2. The van der Waals surface area contributed by atoms with Crippen LogP contribution in [-0.4, -0.2) is 28.6 Å². The van der Waals surface area contributed by atoms with Crippen LogP contribution in [0.4, 0.5) is 5.69 Å². The Kier molecular flexibility index (Phi) is 6.45. The van der Waals surface area contributed by atoms with E-state index in [1.165, 1.54) is 0 Å². The standard InChI is InChI=1S/C27H27N3O4/c1-15(2)20-8-6-7-17(4)25(20)29-23(31)14-33-27(32)21-13-22(19-11-9-16(3)10-12-19)28-26-24(21)18(5)30-34-26/h6-13,15H,14H2,1-5H3,(H,29,31). The van der Waals surface area contributed by atoms with Gasteiger partial charge in [-0.25, -0.2) is 9.78 Å². The van der Waals surface area contributed by atoms with Crippen molar-refractivity contribution in [2.24, 2.45) is 0 Å². The van der Waals surface area contributed by atoms with Crippen molar-refractivity contribution >= 4 is 28.7 Å². The number of para-hydroxylation sites is 1. The number of amides is 1. The van der Waals surface area contributed by atoms with Crippen LogP contribution in [0, 0.1) is 20.8 Å². The maximum atomic E-state index is 13.0. The molecule has 7 nitrogen and oxygen atoms in total. The van der Waals surface area contributed by atoms with Crippen LogP contribution in [0.1, 0.15) is 52.5 Å². The molecule has 174 valence electrons. The highest BCUT2D eigenvalue weighted by molar-refractivity contribution is 6.05. The molecule has 0 spiro atoms. The van der Waals surface area contributed by atoms with Crippen LogP contribution in [0.5, 0.6) is 0 Å². The summed E-state index contributed by atoms with van der Waals surface area (Å²) in [5.74, 6) is -0.814. The van der Waals surface area contributed by atoms with Crippen LogP contribution in [0.15, 0.2) is 53.1 Å². The molecule has 2 aromatic heterocycles. The van der Waals surface area contributed by atoms with Crippen molar-refractivity contribution in [1.82, 2.24) is 10.1 Å². The largest absolute Gasteiger partial charge is 0.452 e. The first-order valence-electron chi connectivity index (χ1n) is 11.1. The number of esters is 1. The third kappa shape index (κ3) is 4.69. The Balaban J connectivity index is 1.57. The number of nitrogens with one attached hydrogen (secondary N) is 1. The van der Waals surface area contributed by atoms with Crippen LogP contribution in [0.2, 0.25) is 0 Å². The average Bonchev–Trinajstić information content (AvgIpc) is 3.19. The Hall–Kier alpha value is -4.00. The second-order valence-electron chi connectivity index (χ2n) is 8.69. The smallest absolute Gasteiger partial charge is 0.339 e. The lowest BCUT2D eigenvalue weighted by Crippen LogP contribution is -2.22. The second kappa shape index (κ2) is 9.47. The van der Waals surface area contributed by atoms with Crippen molar-refractivity contribution < 1.29 is 18.8 Å². The van der Waals surface area contributed by atoms with E-state index >= 15 is 0 Å². The molecule has 0 atom stereocenters. The maximum absolute atomic E-state index is 13.0. The molecule has 7 heteroatoms.